The standard InChI is InChI=1S/C26H33N5O2/c1-17-14-30(15-18(2)33-17)16-21-11-8-12-31(21)26(32)22-13-23(20-9-6-5-7-10-20)27-25-24(22)19(3)28-29(25)4/h5-7,9-10,13,17-18,21H,8,11-12,14-16H2,1-4H3. The van der Waals surface area contributed by atoms with Gasteiger partial charge in [-0.3, -0.25) is 14.4 Å². The maximum Gasteiger partial charge on any atom is 0.255 e. The minimum absolute atomic E-state index is 0.0903. The average molecular weight is 448 g/mol. The van der Waals surface area contributed by atoms with Crippen molar-refractivity contribution in [1.29, 1.82) is 0 Å². The molecule has 7 nitrogen and oxygen atoms in total. The molecule has 1 aromatic carbocycles. The van der Waals surface area contributed by atoms with E-state index in [0.717, 1.165) is 67.0 Å². The summed E-state index contributed by atoms with van der Waals surface area (Å²) >= 11 is 0. The fourth-order valence-electron chi connectivity index (χ4n) is 5.55. The number of morpholine rings is 1. The molecule has 1 amide bonds. The molecule has 4 heterocycles. The number of rotatable bonds is 4. The van der Waals surface area contributed by atoms with Gasteiger partial charge < -0.3 is 9.64 Å². The zero-order chi connectivity index (χ0) is 23.1. The van der Waals surface area contributed by atoms with Crippen LogP contribution in [0.2, 0.25) is 0 Å². The van der Waals surface area contributed by atoms with Crippen molar-refractivity contribution in [1.82, 2.24) is 24.6 Å². The third kappa shape index (κ3) is 4.27. The van der Waals surface area contributed by atoms with Crippen molar-refractivity contribution in [2.75, 3.05) is 26.2 Å². The lowest BCUT2D eigenvalue weighted by Crippen LogP contribution is -2.51. The molecule has 174 valence electrons. The molecule has 2 fully saturated rings. The Morgan fingerprint density at radius 3 is 2.61 bits per heavy atom. The van der Waals surface area contributed by atoms with E-state index in [1.807, 2.05) is 50.4 Å². The molecule has 7 heteroatoms. The highest BCUT2D eigenvalue weighted by molar-refractivity contribution is 6.07. The molecule has 0 saturated carbocycles. The smallest absolute Gasteiger partial charge is 0.255 e. The number of carbonyl (C=O) groups excluding carboxylic acids is 1. The zero-order valence-corrected chi connectivity index (χ0v) is 20.0. The number of benzene rings is 1. The van der Waals surface area contributed by atoms with Crippen LogP contribution >= 0.6 is 0 Å². The molecule has 2 aliphatic heterocycles. The Kier molecular flexibility index (Phi) is 5.93. The summed E-state index contributed by atoms with van der Waals surface area (Å²) in [6.07, 6.45) is 2.53. The molecule has 0 spiro atoms. The van der Waals surface area contributed by atoms with E-state index in [0.29, 0.717) is 5.56 Å². The summed E-state index contributed by atoms with van der Waals surface area (Å²) in [4.78, 5) is 23.4. The van der Waals surface area contributed by atoms with Crippen LogP contribution in [-0.2, 0) is 11.8 Å². The second-order valence-electron chi connectivity index (χ2n) is 9.60. The predicted octanol–water partition coefficient (Wildman–Crippen LogP) is 3.66. The largest absolute Gasteiger partial charge is 0.373 e. The molecule has 5 rings (SSSR count). The summed E-state index contributed by atoms with van der Waals surface area (Å²) in [7, 11) is 1.89. The van der Waals surface area contributed by atoms with E-state index in [9.17, 15) is 4.79 Å². The van der Waals surface area contributed by atoms with Gasteiger partial charge in [0.15, 0.2) is 5.65 Å². The SMILES string of the molecule is Cc1nn(C)c2nc(-c3ccccc3)cc(C(=O)N3CCCC3CN3CC(C)OC(C)C3)c12. The van der Waals surface area contributed by atoms with Gasteiger partial charge in [0.25, 0.3) is 5.91 Å². The Balaban J connectivity index is 1.49. The number of pyridine rings is 1. The predicted molar refractivity (Wildman–Crippen MR) is 129 cm³/mol. The first-order valence-corrected chi connectivity index (χ1v) is 12.0. The van der Waals surface area contributed by atoms with E-state index in [2.05, 4.69) is 28.7 Å². The van der Waals surface area contributed by atoms with Gasteiger partial charge >= 0.3 is 0 Å². The summed E-state index contributed by atoms with van der Waals surface area (Å²) in [5.41, 5.74) is 4.11. The molecule has 0 radical (unpaired) electrons. The Bertz CT molecular complexity index is 1150. The molecule has 2 aliphatic rings. The van der Waals surface area contributed by atoms with Crippen LogP contribution in [0.1, 0.15) is 42.7 Å². The van der Waals surface area contributed by atoms with Gasteiger partial charge in [-0.2, -0.15) is 5.10 Å². The molecule has 2 aromatic heterocycles. The number of likely N-dealkylation sites (tertiary alicyclic amines) is 1. The van der Waals surface area contributed by atoms with E-state index < -0.39 is 0 Å². The monoisotopic (exact) mass is 447 g/mol. The van der Waals surface area contributed by atoms with Crippen molar-refractivity contribution < 1.29 is 9.53 Å². The Morgan fingerprint density at radius 1 is 1.15 bits per heavy atom. The third-order valence-electron chi connectivity index (χ3n) is 6.87. The lowest BCUT2D eigenvalue weighted by atomic mass is 10.0. The van der Waals surface area contributed by atoms with Crippen LogP contribution < -0.4 is 0 Å². The van der Waals surface area contributed by atoms with Crippen LogP contribution in [0.3, 0.4) is 0 Å². The van der Waals surface area contributed by atoms with Crippen LogP contribution in [0.25, 0.3) is 22.3 Å². The van der Waals surface area contributed by atoms with Gasteiger partial charge in [0, 0.05) is 44.8 Å². The topological polar surface area (TPSA) is 63.5 Å². The Labute approximate surface area is 195 Å². The molecule has 0 aliphatic carbocycles. The van der Waals surface area contributed by atoms with Crippen molar-refractivity contribution in [3.8, 4) is 11.3 Å². The summed E-state index contributed by atoms with van der Waals surface area (Å²) in [6, 6.07) is 12.2. The van der Waals surface area contributed by atoms with Crippen LogP contribution in [0.15, 0.2) is 36.4 Å². The van der Waals surface area contributed by atoms with E-state index >= 15 is 0 Å². The molecular weight excluding hydrogens is 414 g/mol. The molecule has 33 heavy (non-hydrogen) atoms. The molecule has 3 aromatic rings. The van der Waals surface area contributed by atoms with Crippen molar-refractivity contribution in [2.24, 2.45) is 7.05 Å². The van der Waals surface area contributed by atoms with Gasteiger partial charge in [-0.15, -0.1) is 0 Å². The molecule has 0 bridgehead atoms. The van der Waals surface area contributed by atoms with Gasteiger partial charge in [-0.05, 0) is 39.7 Å². The summed E-state index contributed by atoms with van der Waals surface area (Å²) in [6.45, 7) is 9.75. The van der Waals surface area contributed by atoms with E-state index in [1.165, 1.54) is 0 Å². The third-order valence-corrected chi connectivity index (χ3v) is 6.87. The van der Waals surface area contributed by atoms with Crippen LogP contribution in [0, 0.1) is 6.92 Å². The van der Waals surface area contributed by atoms with Gasteiger partial charge in [-0.25, -0.2) is 4.98 Å². The number of aryl methyl sites for hydroxylation is 2. The highest BCUT2D eigenvalue weighted by Gasteiger charge is 2.34. The van der Waals surface area contributed by atoms with Crippen molar-refractivity contribution in [2.45, 2.75) is 51.9 Å². The zero-order valence-electron chi connectivity index (χ0n) is 20.0. The van der Waals surface area contributed by atoms with Gasteiger partial charge in [0.05, 0.1) is 34.5 Å². The van der Waals surface area contributed by atoms with Crippen molar-refractivity contribution in [3.05, 3.63) is 47.7 Å². The van der Waals surface area contributed by atoms with Crippen molar-refractivity contribution in [3.63, 3.8) is 0 Å². The van der Waals surface area contributed by atoms with E-state index in [1.54, 1.807) is 4.68 Å². The first-order valence-electron chi connectivity index (χ1n) is 12.0. The number of hydrogen-bond acceptors (Lipinski definition) is 5. The highest BCUT2D eigenvalue weighted by atomic mass is 16.5. The summed E-state index contributed by atoms with van der Waals surface area (Å²) in [5, 5.41) is 5.45. The number of nitrogens with zero attached hydrogens (tertiary/aromatic N) is 5. The average Bonchev–Trinajstić information content (AvgIpc) is 3.36. The van der Waals surface area contributed by atoms with Gasteiger partial charge in [-0.1, -0.05) is 30.3 Å². The second kappa shape index (κ2) is 8.88. The van der Waals surface area contributed by atoms with Crippen LogP contribution in [-0.4, -0.2) is 74.9 Å². The first-order chi connectivity index (χ1) is 15.9. The molecule has 3 unspecified atom stereocenters. The molecule has 3 atom stereocenters. The summed E-state index contributed by atoms with van der Waals surface area (Å²) < 4.78 is 7.69. The molecule has 0 N–H and O–H groups in total. The lowest BCUT2D eigenvalue weighted by molar-refractivity contribution is -0.0715. The number of ether oxygens (including phenoxy) is 1. The quantitative estimate of drug-likeness (QED) is 0.611. The Morgan fingerprint density at radius 2 is 1.88 bits per heavy atom. The van der Waals surface area contributed by atoms with Crippen LogP contribution in [0.5, 0.6) is 0 Å². The first kappa shape index (κ1) is 22.0. The van der Waals surface area contributed by atoms with Gasteiger partial charge in [0.2, 0.25) is 0 Å². The number of amides is 1. The minimum Gasteiger partial charge on any atom is -0.373 e. The number of hydrogen-bond donors (Lipinski definition) is 0. The normalized spacial score (nSPS) is 24.0. The van der Waals surface area contributed by atoms with Gasteiger partial charge in [0.1, 0.15) is 0 Å². The van der Waals surface area contributed by atoms with Crippen molar-refractivity contribution >= 4 is 16.9 Å². The van der Waals surface area contributed by atoms with Crippen LogP contribution in [0.4, 0.5) is 0 Å². The fourth-order valence-corrected chi connectivity index (χ4v) is 5.55. The summed E-state index contributed by atoms with van der Waals surface area (Å²) in [5.74, 6) is 0.0903. The Hall–Kier alpha value is -2.77. The molecule has 2 saturated heterocycles. The number of fused-ring (bicyclic) bond motifs is 1. The highest BCUT2D eigenvalue weighted by Crippen LogP contribution is 2.30. The minimum atomic E-state index is 0.0903. The van der Waals surface area contributed by atoms with E-state index in [4.69, 9.17) is 9.72 Å². The lowest BCUT2D eigenvalue weighted by Gasteiger charge is -2.38. The van der Waals surface area contributed by atoms with E-state index in [-0.39, 0.29) is 24.2 Å². The molecular formula is C26H33N5O2. The maximum atomic E-state index is 14.0. The number of carbonyl (C=O) groups is 1. The fraction of sp³-hybridized carbons (Fsp3) is 0.500. The number of aromatic nitrogens is 3. The second-order valence-corrected chi connectivity index (χ2v) is 9.60. The maximum absolute atomic E-state index is 14.0.